The lowest BCUT2D eigenvalue weighted by molar-refractivity contribution is 0.342. The highest BCUT2D eigenvalue weighted by Gasteiger charge is 2.24. The van der Waals surface area contributed by atoms with Crippen molar-refractivity contribution >= 4 is 10.9 Å². The molecule has 1 fully saturated rings. The molecule has 1 atom stereocenters. The van der Waals surface area contributed by atoms with Crippen molar-refractivity contribution in [3.8, 4) is 5.95 Å². The Morgan fingerprint density at radius 3 is 2.92 bits per heavy atom. The van der Waals surface area contributed by atoms with E-state index >= 15 is 0 Å². The summed E-state index contributed by atoms with van der Waals surface area (Å²) in [4.78, 5) is 6.77. The summed E-state index contributed by atoms with van der Waals surface area (Å²) in [5.74, 6) is 1.24. The summed E-state index contributed by atoms with van der Waals surface area (Å²) < 4.78 is 21.3. The van der Waals surface area contributed by atoms with E-state index in [0.717, 1.165) is 37.0 Å². The molecular formula is C18H22FN5O. The molecule has 132 valence electrons. The van der Waals surface area contributed by atoms with Gasteiger partial charge in [0.25, 0.3) is 5.95 Å². The molecule has 2 aromatic heterocycles. The smallest absolute Gasteiger partial charge is 0.291 e. The standard InChI is InChI=1S/C18H22FN5O/c1-11(2)16-13-5-4-6-14(19)17(13)24(21-16)18-20-15(25-22-18)9-12-7-8-23(3)10-12/h4-6,11-12H,7-10H2,1-3H3/t12-/m0/s1. The van der Waals surface area contributed by atoms with E-state index in [1.165, 1.54) is 10.7 Å². The molecule has 6 nitrogen and oxygen atoms in total. The Labute approximate surface area is 145 Å². The molecule has 3 heterocycles. The molecule has 1 aliphatic rings. The van der Waals surface area contributed by atoms with Gasteiger partial charge < -0.3 is 9.42 Å². The zero-order valence-corrected chi connectivity index (χ0v) is 14.7. The van der Waals surface area contributed by atoms with E-state index in [2.05, 4.69) is 27.2 Å². The SMILES string of the molecule is CC(C)c1nn(-c2noc(C[C@@H]3CCN(C)C3)n2)c2c(F)cccc12. The minimum atomic E-state index is -0.333. The number of benzene rings is 1. The Morgan fingerprint density at radius 1 is 1.36 bits per heavy atom. The fourth-order valence-corrected chi connectivity index (χ4v) is 3.57. The van der Waals surface area contributed by atoms with Gasteiger partial charge in [0.2, 0.25) is 5.89 Å². The van der Waals surface area contributed by atoms with Gasteiger partial charge in [0, 0.05) is 18.4 Å². The summed E-state index contributed by atoms with van der Waals surface area (Å²) in [5.41, 5.74) is 1.23. The number of hydrogen-bond donors (Lipinski definition) is 0. The molecule has 1 aromatic carbocycles. The van der Waals surface area contributed by atoms with Crippen molar-refractivity contribution in [2.75, 3.05) is 20.1 Å². The third-order valence-corrected chi connectivity index (χ3v) is 4.83. The lowest BCUT2D eigenvalue weighted by Crippen LogP contribution is -2.15. The van der Waals surface area contributed by atoms with Crippen LogP contribution in [-0.4, -0.2) is 45.0 Å². The van der Waals surface area contributed by atoms with Crippen molar-refractivity contribution < 1.29 is 8.91 Å². The molecule has 7 heteroatoms. The van der Waals surface area contributed by atoms with Crippen LogP contribution in [0.4, 0.5) is 4.39 Å². The minimum Gasteiger partial charge on any atom is -0.337 e. The van der Waals surface area contributed by atoms with Crippen molar-refractivity contribution in [1.82, 2.24) is 24.8 Å². The second-order valence-electron chi connectivity index (χ2n) is 7.20. The van der Waals surface area contributed by atoms with E-state index < -0.39 is 0 Å². The van der Waals surface area contributed by atoms with Crippen molar-refractivity contribution in [3.63, 3.8) is 0 Å². The molecule has 3 aromatic rings. The number of nitrogens with zero attached hydrogens (tertiary/aromatic N) is 5. The van der Waals surface area contributed by atoms with Gasteiger partial charge in [-0.25, -0.2) is 4.39 Å². The summed E-state index contributed by atoms with van der Waals surface area (Å²) in [6.07, 6.45) is 1.88. The number of aromatic nitrogens is 4. The van der Waals surface area contributed by atoms with Crippen LogP contribution in [0.5, 0.6) is 0 Å². The molecule has 0 unspecified atom stereocenters. The highest BCUT2D eigenvalue weighted by Crippen LogP contribution is 2.28. The Bertz CT molecular complexity index is 900. The Balaban J connectivity index is 1.70. The third-order valence-electron chi connectivity index (χ3n) is 4.83. The van der Waals surface area contributed by atoms with Crippen molar-refractivity contribution in [2.24, 2.45) is 5.92 Å². The van der Waals surface area contributed by atoms with Crippen LogP contribution in [0, 0.1) is 11.7 Å². The first-order chi connectivity index (χ1) is 12.0. The summed E-state index contributed by atoms with van der Waals surface area (Å²) in [6.45, 7) is 6.21. The summed E-state index contributed by atoms with van der Waals surface area (Å²) >= 11 is 0. The Hall–Kier alpha value is -2.28. The summed E-state index contributed by atoms with van der Waals surface area (Å²) in [6, 6.07) is 5.01. The van der Waals surface area contributed by atoms with Gasteiger partial charge in [0.15, 0.2) is 0 Å². The van der Waals surface area contributed by atoms with Crippen LogP contribution >= 0.6 is 0 Å². The number of rotatable bonds is 4. The molecule has 0 spiro atoms. The van der Waals surface area contributed by atoms with Crippen LogP contribution in [0.2, 0.25) is 0 Å². The molecule has 0 radical (unpaired) electrons. The first kappa shape index (κ1) is 16.2. The average molecular weight is 343 g/mol. The monoisotopic (exact) mass is 343 g/mol. The molecular weight excluding hydrogens is 321 g/mol. The molecule has 0 amide bonds. The second kappa shape index (κ2) is 6.22. The van der Waals surface area contributed by atoms with E-state index in [1.54, 1.807) is 6.07 Å². The number of likely N-dealkylation sites (tertiary alicyclic amines) is 1. The maximum Gasteiger partial charge on any atom is 0.291 e. The van der Waals surface area contributed by atoms with E-state index in [0.29, 0.717) is 23.3 Å². The Morgan fingerprint density at radius 2 is 2.20 bits per heavy atom. The van der Waals surface area contributed by atoms with Gasteiger partial charge in [-0.3, -0.25) is 0 Å². The molecule has 4 rings (SSSR count). The largest absolute Gasteiger partial charge is 0.337 e. The van der Waals surface area contributed by atoms with Crippen LogP contribution in [0.1, 0.15) is 37.8 Å². The Kier molecular flexibility index (Phi) is 4.03. The number of halogens is 1. The van der Waals surface area contributed by atoms with Crippen LogP contribution in [0.3, 0.4) is 0 Å². The molecule has 1 aliphatic heterocycles. The highest BCUT2D eigenvalue weighted by molar-refractivity contribution is 5.84. The summed E-state index contributed by atoms with van der Waals surface area (Å²) in [5, 5.41) is 9.40. The van der Waals surface area contributed by atoms with Crippen LogP contribution in [0.15, 0.2) is 22.7 Å². The molecule has 0 aliphatic carbocycles. The maximum atomic E-state index is 14.4. The van der Waals surface area contributed by atoms with Crippen LogP contribution < -0.4 is 0 Å². The summed E-state index contributed by atoms with van der Waals surface area (Å²) in [7, 11) is 2.12. The first-order valence-electron chi connectivity index (χ1n) is 8.71. The first-order valence-corrected chi connectivity index (χ1v) is 8.71. The fourth-order valence-electron chi connectivity index (χ4n) is 3.57. The van der Waals surface area contributed by atoms with Gasteiger partial charge in [0.05, 0.1) is 5.69 Å². The van der Waals surface area contributed by atoms with Gasteiger partial charge in [-0.2, -0.15) is 14.8 Å². The quantitative estimate of drug-likeness (QED) is 0.728. The zero-order valence-electron chi connectivity index (χ0n) is 14.7. The average Bonchev–Trinajstić information content (AvgIpc) is 3.26. The molecule has 0 saturated carbocycles. The van der Waals surface area contributed by atoms with Gasteiger partial charge in [0.1, 0.15) is 11.3 Å². The van der Waals surface area contributed by atoms with Gasteiger partial charge in [-0.1, -0.05) is 26.0 Å². The topological polar surface area (TPSA) is 60.0 Å². The predicted octanol–water partition coefficient (Wildman–Crippen LogP) is 3.17. The minimum absolute atomic E-state index is 0.172. The van der Waals surface area contributed by atoms with Crippen molar-refractivity contribution in [1.29, 1.82) is 0 Å². The number of hydrogen-bond acceptors (Lipinski definition) is 5. The predicted molar refractivity (Wildman–Crippen MR) is 92.3 cm³/mol. The van der Waals surface area contributed by atoms with Crippen LogP contribution in [-0.2, 0) is 6.42 Å². The number of para-hydroxylation sites is 1. The molecule has 1 saturated heterocycles. The van der Waals surface area contributed by atoms with E-state index in [1.807, 2.05) is 19.9 Å². The molecule has 0 bridgehead atoms. The van der Waals surface area contributed by atoms with E-state index in [4.69, 9.17) is 4.52 Å². The van der Waals surface area contributed by atoms with Gasteiger partial charge in [-0.05, 0) is 43.1 Å². The van der Waals surface area contributed by atoms with E-state index in [-0.39, 0.29) is 11.7 Å². The van der Waals surface area contributed by atoms with Crippen molar-refractivity contribution in [3.05, 3.63) is 35.6 Å². The van der Waals surface area contributed by atoms with Crippen molar-refractivity contribution in [2.45, 2.75) is 32.6 Å². The molecule has 0 N–H and O–H groups in total. The normalized spacial score (nSPS) is 18.7. The second-order valence-corrected chi connectivity index (χ2v) is 7.20. The molecule has 25 heavy (non-hydrogen) atoms. The lowest BCUT2D eigenvalue weighted by Gasteiger charge is -2.06. The third kappa shape index (κ3) is 2.93. The van der Waals surface area contributed by atoms with E-state index in [9.17, 15) is 4.39 Å². The van der Waals surface area contributed by atoms with Gasteiger partial charge in [-0.15, -0.1) is 0 Å². The van der Waals surface area contributed by atoms with Gasteiger partial charge >= 0.3 is 0 Å². The lowest BCUT2D eigenvalue weighted by atomic mass is 10.1. The van der Waals surface area contributed by atoms with Crippen LogP contribution in [0.25, 0.3) is 16.9 Å². The fraction of sp³-hybridized carbons (Fsp3) is 0.500. The number of fused-ring (bicyclic) bond motifs is 1. The highest BCUT2D eigenvalue weighted by atomic mass is 19.1. The zero-order chi connectivity index (χ0) is 17.6. The maximum absolute atomic E-state index is 14.4.